The van der Waals surface area contributed by atoms with E-state index >= 15 is 0 Å². The maximum atomic E-state index is 12.4. The zero-order chi connectivity index (χ0) is 14.7. The Morgan fingerprint density at radius 2 is 2.05 bits per heavy atom. The molecule has 1 unspecified atom stereocenters. The number of ketones is 1. The third-order valence-corrected chi connectivity index (χ3v) is 3.20. The molecule has 5 heteroatoms. The second kappa shape index (κ2) is 5.61. The van der Waals surface area contributed by atoms with Gasteiger partial charge in [0.2, 0.25) is 0 Å². The Hall–Kier alpha value is -2.56. The number of hydrogen-bond acceptors (Lipinski definition) is 4. The number of nitro benzene ring substituents is 1. The molecule has 20 heavy (non-hydrogen) atoms. The maximum Gasteiger partial charge on any atom is 0.272 e. The molecule has 0 saturated carbocycles. The SMILES string of the molecule is Cc1cc(C(=O)C(C)c2ccccn2)ccc1[N+](=O)[O-]. The van der Waals surface area contributed by atoms with E-state index < -0.39 is 4.92 Å². The maximum absolute atomic E-state index is 12.4. The largest absolute Gasteiger partial charge is 0.293 e. The highest BCUT2D eigenvalue weighted by Crippen LogP contribution is 2.23. The molecule has 102 valence electrons. The third kappa shape index (κ3) is 2.71. The van der Waals surface area contributed by atoms with Crippen LogP contribution in [0.5, 0.6) is 0 Å². The quantitative estimate of drug-likeness (QED) is 0.485. The summed E-state index contributed by atoms with van der Waals surface area (Å²) in [6, 6.07) is 9.82. The topological polar surface area (TPSA) is 73.1 Å². The zero-order valence-corrected chi connectivity index (χ0v) is 11.2. The van der Waals surface area contributed by atoms with Gasteiger partial charge in [0, 0.05) is 23.4 Å². The number of Topliss-reactive ketones (excluding diaryl/α,β-unsaturated/α-hetero) is 1. The molecule has 1 heterocycles. The number of carbonyl (C=O) groups is 1. The number of carbonyl (C=O) groups excluding carboxylic acids is 1. The van der Waals surface area contributed by atoms with Crippen LogP contribution in [0.25, 0.3) is 0 Å². The molecule has 1 aromatic heterocycles. The van der Waals surface area contributed by atoms with E-state index in [0.29, 0.717) is 16.8 Å². The van der Waals surface area contributed by atoms with Crippen LogP contribution in [-0.4, -0.2) is 15.7 Å². The van der Waals surface area contributed by atoms with Crippen molar-refractivity contribution < 1.29 is 9.72 Å². The molecule has 1 aromatic carbocycles. The Morgan fingerprint density at radius 1 is 1.30 bits per heavy atom. The number of hydrogen-bond donors (Lipinski definition) is 0. The van der Waals surface area contributed by atoms with Crippen LogP contribution in [0.3, 0.4) is 0 Å². The first-order valence-corrected chi connectivity index (χ1v) is 6.21. The van der Waals surface area contributed by atoms with Crippen LogP contribution < -0.4 is 0 Å². The molecule has 0 aliphatic carbocycles. The molecule has 0 fully saturated rings. The van der Waals surface area contributed by atoms with Gasteiger partial charge in [-0.2, -0.15) is 0 Å². The van der Waals surface area contributed by atoms with Gasteiger partial charge < -0.3 is 0 Å². The molecule has 0 aliphatic heterocycles. The van der Waals surface area contributed by atoms with Gasteiger partial charge in [-0.05, 0) is 38.1 Å². The van der Waals surface area contributed by atoms with E-state index in [1.807, 2.05) is 6.07 Å². The smallest absolute Gasteiger partial charge is 0.272 e. The van der Waals surface area contributed by atoms with Crippen molar-refractivity contribution >= 4 is 11.5 Å². The summed E-state index contributed by atoms with van der Waals surface area (Å²) >= 11 is 0. The van der Waals surface area contributed by atoms with Crippen molar-refractivity contribution in [3.63, 3.8) is 0 Å². The van der Waals surface area contributed by atoms with Gasteiger partial charge in [0.05, 0.1) is 16.5 Å². The Kier molecular flexibility index (Phi) is 3.89. The summed E-state index contributed by atoms with van der Waals surface area (Å²) in [7, 11) is 0. The van der Waals surface area contributed by atoms with Crippen LogP contribution in [0, 0.1) is 17.0 Å². The van der Waals surface area contributed by atoms with Crippen molar-refractivity contribution in [1.82, 2.24) is 4.98 Å². The van der Waals surface area contributed by atoms with Crippen LogP contribution in [-0.2, 0) is 0 Å². The van der Waals surface area contributed by atoms with Crippen molar-refractivity contribution in [2.75, 3.05) is 0 Å². The summed E-state index contributed by atoms with van der Waals surface area (Å²) in [5, 5.41) is 10.8. The number of nitrogens with zero attached hydrogens (tertiary/aromatic N) is 2. The Balaban J connectivity index is 2.30. The number of nitro groups is 1. The van der Waals surface area contributed by atoms with Gasteiger partial charge in [-0.1, -0.05) is 6.07 Å². The fraction of sp³-hybridized carbons (Fsp3) is 0.200. The van der Waals surface area contributed by atoms with E-state index in [9.17, 15) is 14.9 Å². The van der Waals surface area contributed by atoms with Gasteiger partial charge >= 0.3 is 0 Å². The van der Waals surface area contributed by atoms with E-state index in [1.165, 1.54) is 12.1 Å². The summed E-state index contributed by atoms with van der Waals surface area (Å²) in [6.07, 6.45) is 1.64. The molecule has 0 radical (unpaired) electrons. The standard InChI is InChI=1S/C15H14N2O3/c1-10-9-12(6-7-14(10)17(19)20)15(18)11(2)13-5-3-4-8-16-13/h3-9,11H,1-2H3. The average Bonchev–Trinajstić information content (AvgIpc) is 2.46. The van der Waals surface area contributed by atoms with E-state index in [0.717, 1.165) is 0 Å². The fourth-order valence-electron chi connectivity index (χ4n) is 2.03. The molecular formula is C15H14N2O3. The monoisotopic (exact) mass is 270 g/mol. The predicted molar refractivity (Wildman–Crippen MR) is 74.8 cm³/mol. The molecule has 0 bridgehead atoms. The lowest BCUT2D eigenvalue weighted by atomic mass is 9.94. The molecule has 1 atom stereocenters. The van der Waals surface area contributed by atoms with Gasteiger partial charge in [0.15, 0.2) is 5.78 Å². The van der Waals surface area contributed by atoms with Gasteiger partial charge in [-0.15, -0.1) is 0 Å². The van der Waals surface area contributed by atoms with Crippen LogP contribution in [0.2, 0.25) is 0 Å². The summed E-state index contributed by atoms with van der Waals surface area (Å²) in [5.41, 5.74) is 1.65. The molecule has 2 rings (SSSR count). The molecule has 0 spiro atoms. The van der Waals surface area contributed by atoms with E-state index in [2.05, 4.69) is 4.98 Å². The van der Waals surface area contributed by atoms with Crippen molar-refractivity contribution in [3.8, 4) is 0 Å². The Bertz CT molecular complexity index is 653. The van der Waals surface area contributed by atoms with Crippen LogP contribution in [0.4, 0.5) is 5.69 Å². The van der Waals surface area contributed by atoms with Crippen molar-refractivity contribution in [2.45, 2.75) is 19.8 Å². The second-order valence-electron chi connectivity index (χ2n) is 4.60. The highest BCUT2D eigenvalue weighted by molar-refractivity contribution is 6.00. The molecule has 0 aliphatic rings. The molecular weight excluding hydrogens is 256 g/mol. The highest BCUT2D eigenvalue weighted by atomic mass is 16.6. The lowest BCUT2D eigenvalue weighted by molar-refractivity contribution is -0.385. The molecule has 5 nitrogen and oxygen atoms in total. The molecule has 0 amide bonds. The lowest BCUT2D eigenvalue weighted by Crippen LogP contribution is -2.11. The number of aryl methyl sites for hydroxylation is 1. The first-order chi connectivity index (χ1) is 9.50. The number of benzene rings is 1. The summed E-state index contributed by atoms with van der Waals surface area (Å²) in [4.78, 5) is 26.8. The minimum Gasteiger partial charge on any atom is -0.293 e. The highest BCUT2D eigenvalue weighted by Gasteiger charge is 2.20. The van der Waals surface area contributed by atoms with Crippen LogP contribution in [0.15, 0.2) is 42.6 Å². The zero-order valence-electron chi connectivity index (χ0n) is 11.2. The Labute approximate surface area is 116 Å². The van der Waals surface area contributed by atoms with Crippen molar-refractivity contribution in [3.05, 3.63) is 69.5 Å². The minimum absolute atomic E-state index is 0.0204. The first-order valence-electron chi connectivity index (χ1n) is 6.21. The average molecular weight is 270 g/mol. The molecule has 0 saturated heterocycles. The number of pyridine rings is 1. The normalized spacial score (nSPS) is 11.9. The number of rotatable bonds is 4. The van der Waals surface area contributed by atoms with E-state index in [1.54, 1.807) is 38.2 Å². The summed E-state index contributed by atoms with van der Waals surface area (Å²) < 4.78 is 0. The van der Waals surface area contributed by atoms with Crippen molar-refractivity contribution in [1.29, 1.82) is 0 Å². The van der Waals surface area contributed by atoms with E-state index in [-0.39, 0.29) is 17.4 Å². The summed E-state index contributed by atoms with van der Waals surface area (Å²) in [6.45, 7) is 3.40. The van der Waals surface area contributed by atoms with E-state index in [4.69, 9.17) is 0 Å². The molecule has 0 N–H and O–H groups in total. The molecule has 2 aromatic rings. The fourth-order valence-corrected chi connectivity index (χ4v) is 2.03. The van der Waals surface area contributed by atoms with Gasteiger partial charge in [-0.25, -0.2) is 0 Å². The lowest BCUT2D eigenvalue weighted by Gasteiger charge is -2.10. The van der Waals surface area contributed by atoms with Gasteiger partial charge in [0.1, 0.15) is 0 Å². The predicted octanol–water partition coefficient (Wildman–Crippen LogP) is 3.28. The Morgan fingerprint density at radius 3 is 2.60 bits per heavy atom. The van der Waals surface area contributed by atoms with Crippen molar-refractivity contribution in [2.24, 2.45) is 0 Å². The minimum atomic E-state index is -0.453. The van der Waals surface area contributed by atoms with Crippen LogP contribution >= 0.6 is 0 Å². The first kappa shape index (κ1) is 13.9. The number of aromatic nitrogens is 1. The van der Waals surface area contributed by atoms with Crippen LogP contribution in [0.1, 0.15) is 34.5 Å². The third-order valence-electron chi connectivity index (χ3n) is 3.20. The summed E-state index contributed by atoms with van der Waals surface area (Å²) in [5.74, 6) is -0.473. The van der Waals surface area contributed by atoms with Gasteiger partial charge in [0.25, 0.3) is 5.69 Å². The second-order valence-corrected chi connectivity index (χ2v) is 4.60. The van der Waals surface area contributed by atoms with Gasteiger partial charge in [-0.3, -0.25) is 19.9 Å².